The minimum absolute atomic E-state index is 0.125. The van der Waals surface area contributed by atoms with Gasteiger partial charge in [0.15, 0.2) is 9.84 Å². The fourth-order valence-corrected chi connectivity index (χ4v) is 4.24. The third-order valence-electron chi connectivity index (χ3n) is 4.71. The molecule has 5 nitrogen and oxygen atoms in total. The van der Waals surface area contributed by atoms with Crippen molar-refractivity contribution < 1.29 is 13.5 Å². The van der Waals surface area contributed by atoms with Crippen molar-refractivity contribution in [2.75, 3.05) is 6.26 Å². The van der Waals surface area contributed by atoms with Crippen LogP contribution >= 0.6 is 0 Å². The zero-order chi connectivity index (χ0) is 20.4. The Morgan fingerprint density at radius 3 is 2.07 bits per heavy atom. The molecule has 4 aromatic rings. The number of rotatable bonds is 5. The third kappa shape index (κ3) is 3.85. The van der Waals surface area contributed by atoms with Crippen molar-refractivity contribution in [1.82, 2.24) is 9.78 Å². The molecule has 6 heteroatoms. The molecule has 0 unspecified atom stereocenters. The smallest absolute Gasteiger partial charge is 0.175 e. The highest BCUT2D eigenvalue weighted by Crippen LogP contribution is 2.30. The minimum Gasteiger partial charge on any atom is -0.392 e. The number of hydrogen-bond acceptors (Lipinski definition) is 4. The average Bonchev–Trinajstić information content (AvgIpc) is 3.19. The lowest BCUT2D eigenvalue weighted by atomic mass is 10.1. The molecule has 0 amide bonds. The summed E-state index contributed by atoms with van der Waals surface area (Å²) in [5.41, 5.74) is 4.68. The predicted molar refractivity (Wildman–Crippen MR) is 113 cm³/mol. The lowest BCUT2D eigenvalue weighted by Gasteiger charge is -2.11. The van der Waals surface area contributed by atoms with Crippen molar-refractivity contribution in [2.45, 2.75) is 11.5 Å². The maximum atomic E-state index is 12.0. The molecule has 0 bridgehead atoms. The van der Waals surface area contributed by atoms with Gasteiger partial charge in [0.1, 0.15) is 0 Å². The van der Waals surface area contributed by atoms with Crippen LogP contribution in [0.3, 0.4) is 0 Å². The van der Waals surface area contributed by atoms with Gasteiger partial charge < -0.3 is 5.11 Å². The molecule has 0 atom stereocenters. The molecular formula is C23H20N2O3S. The topological polar surface area (TPSA) is 72.2 Å². The molecule has 0 fully saturated rings. The third-order valence-corrected chi connectivity index (χ3v) is 5.90. The SMILES string of the molecule is CS(=O)(=O)c1ccc(-n2nc(-c3ccccc3)cc2-c2ccccc2)cc1CO. The van der Waals surface area contributed by atoms with Gasteiger partial charge in [-0.25, -0.2) is 13.1 Å². The molecule has 3 aromatic carbocycles. The van der Waals surface area contributed by atoms with Crippen LogP contribution in [0.4, 0.5) is 0 Å². The van der Waals surface area contributed by atoms with Gasteiger partial charge in [0, 0.05) is 17.4 Å². The van der Waals surface area contributed by atoms with Crippen LogP contribution in [0.5, 0.6) is 0 Å². The molecule has 146 valence electrons. The monoisotopic (exact) mass is 404 g/mol. The molecule has 1 heterocycles. The number of aromatic nitrogens is 2. The Labute approximate surface area is 169 Å². The number of aliphatic hydroxyl groups excluding tert-OH is 1. The lowest BCUT2D eigenvalue weighted by molar-refractivity contribution is 0.278. The van der Waals surface area contributed by atoms with Gasteiger partial charge >= 0.3 is 0 Å². The second-order valence-corrected chi connectivity index (χ2v) is 8.77. The highest BCUT2D eigenvalue weighted by molar-refractivity contribution is 7.90. The van der Waals surface area contributed by atoms with Crippen LogP contribution in [0.15, 0.2) is 89.8 Å². The maximum absolute atomic E-state index is 12.0. The van der Waals surface area contributed by atoms with E-state index in [9.17, 15) is 13.5 Å². The normalized spacial score (nSPS) is 11.5. The van der Waals surface area contributed by atoms with Gasteiger partial charge in [0.2, 0.25) is 0 Å². The van der Waals surface area contributed by atoms with Gasteiger partial charge in [0.05, 0.1) is 28.6 Å². The quantitative estimate of drug-likeness (QED) is 0.544. The Bertz CT molecular complexity index is 1250. The summed E-state index contributed by atoms with van der Waals surface area (Å²) >= 11 is 0. The second kappa shape index (κ2) is 7.66. The Balaban J connectivity index is 1.92. The Hall–Kier alpha value is -3.22. The van der Waals surface area contributed by atoms with Crippen molar-refractivity contribution in [3.05, 3.63) is 90.5 Å². The summed E-state index contributed by atoms with van der Waals surface area (Å²) in [6, 6.07) is 26.6. The van der Waals surface area contributed by atoms with E-state index < -0.39 is 9.84 Å². The molecule has 1 aromatic heterocycles. The van der Waals surface area contributed by atoms with Gasteiger partial charge in [-0.15, -0.1) is 0 Å². The summed E-state index contributed by atoms with van der Waals surface area (Å²) in [5.74, 6) is 0. The van der Waals surface area contributed by atoms with Crippen molar-refractivity contribution >= 4 is 9.84 Å². The van der Waals surface area contributed by atoms with E-state index in [0.29, 0.717) is 11.3 Å². The fraction of sp³-hybridized carbons (Fsp3) is 0.0870. The van der Waals surface area contributed by atoms with Crippen LogP contribution in [-0.2, 0) is 16.4 Å². The van der Waals surface area contributed by atoms with E-state index in [-0.39, 0.29) is 11.5 Å². The molecule has 4 rings (SSSR count). The first-order valence-corrected chi connectivity index (χ1v) is 11.0. The van der Waals surface area contributed by atoms with E-state index >= 15 is 0 Å². The first kappa shape index (κ1) is 19.1. The van der Waals surface area contributed by atoms with Crippen molar-refractivity contribution in [2.24, 2.45) is 0 Å². The number of aliphatic hydroxyl groups is 1. The maximum Gasteiger partial charge on any atom is 0.175 e. The number of sulfone groups is 1. The van der Waals surface area contributed by atoms with Crippen molar-refractivity contribution in [3.8, 4) is 28.2 Å². The molecule has 0 saturated heterocycles. The van der Waals surface area contributed by atoms with Gasteiger partial charge in [-0.05, 0) is 29.8 Å². The zero-order valence-electron chi connectivity index (χ0n) is 15.9. The van der Waals surface area contributed by atoms with Gasteiger partial charge in [-0.1, -0.05) is 60.7 Å². The summed E-state index contributed by atoms with van der Waals surface area (Å²) in [5, 5.41) is 14.5. The van der Waals surface area contributed by atoms with Crippen LogP contribution in [0.1, 0.15) is 5.56 Å². The van der Waals surface area contributed by atoms with Crippen molar-refractivity contribution in [3.63, 3.8) is 0 Å². The largest absolute Gasteiger partial charge is 0.392 e. The minimum atomic E-state index is -3.43. The molecule has 1 N–H and O–H groups in total. The summed E-state index contributed by atoms with van der Waals surface area (Å²) in [6.45, 7) is -0.371. The molecule has 0 saturated carbocycles. The summed E-state index contributed by atoms with van der Waals surface area (Å²) in [4.78, 5) is 0.125. The highest BCUT2D eigenvalue weighted by Gasteiger charge is 2.17. The predicted octanol–water partition coefficient (Wildman–Crippen LogP) is 4.10. The standard InChI is InChI=1S/C23H20N2O3S/c1-29(27,28)23-13-12-20(14-19(23)16-26)25-22(18-10-6-3-7-11-18)15-21(24-25)17-8-4-2-5-9-17/h2-15,26H,16H2,1H3. The van der Waals surface area contributed by atoms with E-state index in [1.54, 1.807) is 16.8 Å². The number of benzene rings is 3. The number of hydrogen-bond donors (Lipinski definition) is 1. The summed E-state index contributed by atoms with van der Waals surface area (Å²) in [7, 11) is -3.43. The Kier molecular flexibility index (Phi) is 5.05. The average molecular weight is 404 g/mol. The summed E-state index contributed by atoms with van der Waals surface area (Å²) in [6.07, 6.45) is 1.14. The highest BCUT2D eigenvalue weighted by atomic mass is 32.2. The second-order valence-electron chi connectivity index (χ2n) is 6.78. The van der Waals surface area contributed by atoms with Gasteiger partial charge in [-0.3, -0.25) is 0 Å². The molecule has 29 heavy (non-hydrogen) atoms. The van der Waals surface area contributed by atoms with E-state index in [4.69, 9.17) is 5.10 Å². The van der Waals surface area contributed by atoms with Crippen LogP contribution in [0.2, 0.25) is 0 Å². The van der Waals surface area contributed by atoms with E-state index in [1.807, 2.05) is 66.7 Å². The van der Waals surface area contributed by atoms with E-state index in [2.05, 4.69) is 0 Å². The summed E-state index contributed by atoms with van der Waals surface area (Å²) < 4.78 is 25.8. The van der Waals surface area contributed by atoms with E-state index in [1.165, 1.54) is 6.07 Å². The van der Waals surface area contributed by atoms with Crippen LogP contribution < -0.4 is 0 Å². The van der Waals surface area contributed by atoms with E-state index in [0.717, 1.165) is 28.8 Å². The van der Waals surface area contributed by atoms with Gasteiger partial charge in [-0.2, -0.15) is 5.10 Å². The van der Waals surface area contributed by atoms with Crippen LogP contribution in [-0.4, -0.2) is 29.6 Å². The molecular weight excluding hydrogens is 384 g/mol. The molecule has 0 aliphatic rings. The van der Waals surface area contributed by atoms with Gasteiger partial charge in [0.25, 0.3) is 0 Å². The van der Waals surface area contributed by atoms with Crippen LogP contribution in [0, 0.1) is 0 Å². The molecule has 0 aliphatic carbocycles. The number of nitrogens with zero attached hydrogens (tertiary/aromatic N) is 2. The molecule has 0 spiro atoms. The molecule has 0 aliphatic heterocycles. The zero-order valence-corrected chi connectivity index (χ0v) is 16.7. The Morgan fingerprint density at radius 2 is 1.48 bits per heavy atom. The first-order chi connectivity index (χ1) is 14.0. The molecule has 0 radical (unpaired) electrons. The van der Waals surface area contributed by atoms with Crippen molar-refractivity contribution in [1.29, 1.82) is 0 Å². The Morgan fingerprint density at radius 1 is 0.862 bits per heavy atom. The fourth-order valence-electron chi connectivity index (χ4n) is 3.33. The lowest BCUT2D eigenvalue weighted by Crippen LogP contribution is -2.06. The van der Waals surface area contributed by atoms with Crippen LogP contribution in [0.25, 0.3) is 28.2 Å². The first-order valence-electron chi connectivity index (χ1n) is 9.12.